The van der Waals surface area contributed by atoms with Gasteiger partial charge in [-0.3, -0.25) is 0 Å². The van der Waals surface area contributed by atoms with Gasteiger partial charge in [-0.1, -0.05) is 57.8 Å². The lowest BCUT2D eigenvalue weighted by atomic mass is 10.0. The molecule has 0 amide bonds. The fourth-order valence-electron chi connectivity index (χ4n) is 1.33. The summed E-state index contributed by atoms with van der Waals surface area (Å²) in [6.45, 7) is 8.33. The molecule has 0 radical (unpaired) electrons. The summed E-state index contributed by atoms with van der Waals surface area (Å²) in [4.78, 5) is 0. The minimum atomic E-state index is 0.608. The van der Waals surface area contributed by atoms with Crippen LogP contribution in [0.5, 0.6) is 0 Å². The van der Waals surface area contributed by atoms with Crippen LogP contribution in [0.3, 0.4) is 0 Å². The van der Waals surface area contributed by atoms with Gasteiger partial charge in [0.2, 0.25) is 0 Å². The van der Waals surface area contributed by atoms with Crippen molar-refractivity contribution in [3.63, 3.8) is 0 Å². The zero-order valence-electron chi connectivity index (χ0n) is 9.26. The Kier molecular flexibility index (Phi) is 9.18. The fourth-order valence-corrected chi connectivity index (χ4v) is 1.33. The Balaban J connectivity index is 3.56. The number of hydrogen-bond acceptors (Lipinski definition) is 0. The first kappa shape index (κ1) is 12.5. The highest BCUT2D eigenvalue weighted by atomic mass is 14.0. The van der Waals surface area contributed by atoms with Crippen molar-refractivity contribution in [3.8, 4) is 0 Å². The monoisotopic (exact) mass is 180 g/mol. The van der Waals surface area contributed by atoms with Gasteiger partial charge >= 0.3 is 0 Å². The van der Waals surface area contributed by atoms with Crippen LogP contribution in [0.25, 0.3) is 0 Å². The first-order valence-corrected chi connectivity index (χ1v) is 5.64. The molecule has 0 aromatic rings. The number of hydrogen-bond donors (Lipinski definition) is 0. The highest BCUT2D eigenvalue weighted by molar-refractivity contribution is 4.96. The minimum absolute atomic E-state index is 0.608. The second-order valence-corrected chi connectivity index (χ2v) is 3.61. The minimum Gasteiger partial charge on any atom is -0.102 e. The molecule has 0 heteroatoms. The molecule has 0 aromatic carbocycles. The van der Waals surface area contributed by atoms with E-state index >= 15 is 0 Å². The Hall–Kier alpha value is -0.520. The van der Waals surface area contributed by atoms with Crippen molar-refractivity contribution in [2.24, 2.45) is 5.92 Å². The van der Waals surface area contributed by atoms with Crippen LogP contribution in [0.2, 0.25) is 0 Å². The van der Waals surface area contributed by atoms with Crippen LogP contribution in [-0.2, 0) is 0 Å². The Bertz CT molecular complexity index is 133. The molecule has 0 bridgehead atoms. The lowest BCUT2D eigenvalue weighted by molar-refractivity contribution is 0.640. The first-order valence-electron chi connectivity index (χ1n) is 5.64. The third-order valence-electron chi connectivity index (χ3n) is 2.30. The van der Waals surface area contributed by atoms with Gasteiger partial charge in [0.05, 0.1) is 0 Å². The van der Waals surface area contributed by atoms with Gasteiger partial charge < -0.3 is 0 Å². The standard InChI is InChI=1S/C13H24/c1-4-7-9-10-12-13(6-3)11-8-5-2/h6,10,12-13H,3-5,7-9,11H2,1-2H3/b12-10+. The molecule has 76 valence electrons. The van der Waals surface area contributed by atoms with Gasteiger partial charge in [-0.25, -0.2) is 0 Å². The van der Waals surface area contributed by atoms with Gasteiger partial charge in [0.25, 0.3) is 0 Å². The SMILES string of the molecule is C=CC(/C=C/CCCC)CCCC. The molecule has 1 unspecified atom stereocenters. The van der Waals surface area contributed by atoms with E-state index in [1.807, 2.05) is 0 Å². The van der Waals surface area contributed by atoms with E-state index in [0.717, 1.165) is 0 Å². The maximum Gasteiger partial charge on any atom is -0.00562 e. The maximum atomic E-state index is 3.86. The number of allylic oxidation sites excluding steroid dienone is 3. The Labute approximate surface area is 83.7 Å². The summed E-state index contributed by atoms with van der Waals surface area (Å²) < 4.78 is 0. The van der Waals surface area contributed by atoms with Crippen LogP contribution in [0.15, 0.2) is 24.8 Å². The van der Waals surface area contributed by atoms with Crippen LogP contribution in [0.1, 0.15) is 52.4 Å². The summed E-state index contributed by atoms with van der Waals surface area (Å²) in [7, 11) is 0. The quantitative estimate of drug-likeness (QED) is 0.374. The molecule has 0 aliphatic rings. The summed E-state index contributed by atoms with van der Waals surface area (Å²) in [5.41, 5.74) is 0. The van der Waals surface area contributed by atoms with Gasteiger partial charge in [-0.15, -0.1) is 6.58 Å². The van der Waals surface area contributed by atoms with Crippen LogP contribution < -0.4 is 0 Å². The van der Waals surface area contributed by atoms with Crippen molar-refractivity contribution in [1.29, 1.82) is 0 Å². The van der Waals surface area contributed by atoms with Gasteiger partial charge in [0.1, 0.15) is 0 Å². The zero-order valence-corrected chi connectivity index (χ0v) is 9.26. The highest BCUT2D eigenvalue weighted by Crippen LogP contribution is 2.11. The molecule has 0 aromatic heterocycles. The van der Waals surface area contributed by atoms with Gasteiger partial charge in [0, 0.05) is 0 Å². The summed E-state index contributed by atoms with van der Waals surface area (Å²) in [5, 5.41) is 0. The zero-order chi connectivity index (χ0) is 9.94. The normalized spacial score (nSPS) is 13.4. The van der Waals surface area contributed by atoms with Gasteiger partial charge in [0.15, 0.2) is 0 Å². The van der Waals surface area contributed by atoms with Crippen molar-refractivity contribution in [1.82, 2.24) is 0 Å². The average molecular weight is 180 g/mol. The summed E-state index contributed by atoms with van der Waals surface area (Å²) in [6, 6.07) is 0. The average Bonchev–Trinajstić information content (AvgIpc) is 2.17. The van der Waals surface area contributed by atoms with E-state index in [4.69, 9.17) is 0 Å². The first-order chi connectivity index (χ1) is 6.35. The fraction of sp³-hybridized carbons (Fsp3) is 0.692. The van der Waals surface area contributed by atoms with Crippen molar-refractivity contribution >= 4 is 0 Å². The Morgan fingerprint density at radius 2 is 1.85 bits per heavy atom. The Morgan fingerprint density at radius 1 is 1.15 bits per heavy atom. The van der Waals surface area contributed by atoms with Crippen LogP contribution in [-0.4, -0.2) is 0 Å². The van der Waals surface area contributed by atoms with E-state index in [9.17, 15) is 0 Å². The molecular formula is C13H24. The van der Waals surface area contributed by atoms with E-state index in [-0.39, 0.29) is 0 Å². The van der Waals surface area contributed by atoms with E-state index in [0.29, 0.717) is 5.92 Å². The molecule has 0 nitrogen and oxygen atoms in total. The summed E-state index contributed by atoms with van der Waals surface area (Å²) in [6.07, 6.45) is 14.4. The smallest absolute Gasteiger partial charge is 0.00562 e. The van der Waals surface area contributed by atoms with Crippen molar-refractivity contribution in [2.45, 2.75) is 52.4 Å². The van der Waals surface area contributed by atoms with E-state index in [2.05, 4.69) is 38.7 Å². The van der Waals surface area contributed by atoms with E-state index < -0.39 is 0 Å². The molecule has 0 saturated heterocycles. The second-order valence-electron chi connectivity index (χ2n) is 3.61. The highest BCUT2D eigenvalue weighted by Gasteiger charge is 1.96. The Morgan fingerprint density at radius 3 is 2.38 bits per heavy atom. The van der Waals surface area contributed by atoms with E-state index in [1.54, 1.807) is 0 Å². The molecule has 1 atom stereocenters. The third-order valence-corrected chi connectivity index (χ3v) is 2.30. The molecule has 0 saturated carbocycles. The summed E-state index contributed by atoms with van der Waals surface area (Å²) >= 11 is 0. The summed E-state index contributed by atoms with van der Waals surface area (Å²) in [5.74, 6) is 0.608. The molecule has 0 rings (SSSR count). The maximum absolute atomic E-state index is 3.86. The molecule has 0 aliphatic carbocycles. The van der Waals surface area contributed by atoms with Gasteiger partial charge in [-0.2, -0.15) is 0 Å². The number of unbranched alkanes of at least 4 members (excludes halogenated alkanes) is 3. The number of rotatable bonds is 8. The van der Waals surface area contributed by atoms with Crippen LogP contribution in [0.4, 0.5) is 0 Å². The van der Waals surface area contributed by atoms with Crippen molar-refractivity contribution in [3.05, 3.63) is 24.8 Å². The van der Waals surface area contributed by atoms with Crippen LogP contribution >= 0.6 is 0 Å². The second kappa shape index (κ2) is 9.57. The molecule has 0 spiro atoms. The van der Waals surface area contributed by atoms with Gasteiger partial charge in [-0.05, 0) is 18.8 Å². The topological polar surface area (TPSA) is 0 Å². The predicted octanol–water partition coefficient (Wildman–Crippen LogP) is 4.73. The van der Waals surface area contributed by atoms with Crippen molar-refractivity contribution < 1.29 is 0 Å². The molecule has 0 aliphatic heterocycles. The molecule has 13 heavy (non-hydrogen) atoms. The molecule has 0 N–H and O–H groups in total. The van der Waals surface area contributed by atoms with E-state index in [1.165, 1.54) is 38.5 Å². The third kappa shape index (κ3) is 7.83. The lowest BCUT2D eigenvalue weighted by Gasteiger charge is -2.05. The molecule has 0 fully saturated rings. The van der Waals surface area contributed by atoms with Crippen molar-refractivity contribution in [2.75, 3.05) is 0 Å². The molecular weight excluding hydrogens is 156 g/mol. The predicted molar refractivity (Wildman–Crippen MR) is 61.9 cm³/mol. The lowest BCUT2D eigenvalue weighted by Crippen LogP contribution is -1.90. The largest absolute Gasteiger partial charge is 0.102 e. The van der Waals surface area contributed by atoms with Crippen LogP contribution in [0, 0.1) is 5.92 Å². The molecule has 0 heterocycles.